The number of fused-ring (bicyclic) bond motifs is 1. The van der Waals surface area contributed by atoms with E-state index >= 15 is 0 Å². The number of thiophene rings is 1. The standard InChI is InChI=1S/C21H17N3O2S2/c1-2-26-17(25)13-28-21-18-16(14-7-4-3-5-8-14)12-27-20(18)23-19(24-21)15-9-6-10-22-11-15/h3-12H,2,13H2,1H3. The summed E-state index contributed by atoms with van der Waals surface area (Å²) in [6.07, 6.45) is 3.46. The van der Waals surface area contributed by atoms with Crippen LogP contribution in [-0.4, -0.2) is 33.3 Å². The summed E-state index contributed by atoms with van der Waals surface area (Å²) < 4.78 is 5.08. The van der Waals surface area contributed by atoms with E-state index in [4.69, 9.17) is 14.7 Å². The summed E-state index contributed by atoms with van der Waals surface area (Å²) in [6, 6.07) is 13.9. The van der Waals surface area contributed by atoms with E-state index in [1.807, 2.05) is 30.3 Å². The second-order valence-corrected chi connectivity index (χ2v) is 7.71. The molecule has 0 aliphatic heterocycles. The smallest absolute Gasteiger partial charge is 0.316 e. The minimum absolute atomic E-state index is 0.205. The van der Waals surface area contributed by atoms with Crippen molar-refractivity contribution < 1.29 is 9.53 Å². The molecule has 28 heavy (non-hydrogen) atoms. The van der Waals surface area contributed by atoms with E-state index in [1.54, 1.807) is 30.7 Å². The van der Waals surface area contributed by atoms with Crippen molar-refractivity contribution in [3.63, 3.8) is 0 Å². The lowest BCUT2D eigenvalue weighted by molar-refractivity contribution is -0.139. The third-order valence-corrected chi connectivity index (χ3v) is 5.86. The maximum absolute atomic E-state index is 11.9. The Morgan fingerprint density at radius 3 is 2.68 bits per heavy atom. The highest BCUT2D eigenvalue weighted by Crippen LogP contribution is 2.39. The Labute approximate surface area is 170 Å². The molecule has 0 saturated heterocycles. The number of carbonyl (C=O) groups is 1. The number of carbonyl (C=O) groups excluding carboxylic acids is 1. The van der Waals surface area contributed by atoms with Gasteiger partial charge in [0.05, 0.1) is 17.7 Å². The molecular formula is C21H17N3O2S2. The third kappa shape index (κ3) is 3.90. The molecule has 0 atom stereocenters. The highest BCUT2D eigenvalue weighted by Gasteiger charge is 2.18. The molecule has 0 aliphatic carbocycles. The lowest BCUT2D eigenvalue weighted by Gasteiger charge is -2.08. The van der Waals surface area contributed by atoms with Gasteiger partial charge in [0.1, 0.15) is 9.86 Å². The number of nitrogens with zero attached hydrogens (tertiary/aromatic N) is 3. The van der Waals surface area contributed by atoms with Gasteiger partial charge in [-0.2, -0.15) is 0 Å². The second kappa shape index (κ2) is 8.50. The van der Waals surface area contributed by atoms with E-state index in [9.17, 15) is 4.79 Å². The number of thioether (sulfide) groups is 1. The first-order valence-electron chi connectivity index (χ1n) is 8.79. The van der Waals surface area contributed by atoms with Gasteiger partial charge in [0.25, 0.3) is 0 Å². The zero-order valence-electron chi connectivity index (χ0n) is 15.2. The molecular weight excluding hydrogens is 390 g/mol. The van der Waals surface area contributed by atoms with Crippen LogP contribution >= 0.6 is 23.1 Å². The van der Waals surface area contributed by atoms with Crippen LogP contribution in [0.4, 0.5) is 0 Å². The Bertz CT molecular complexity index is 1100. The summed E-state index contributed by atoms with van der Waals surface area (Å²) in [5.41, 5.74) is 3.02. The van der Waals surface area contributed by atoms with Crippen LogP contribution in [0.25, 0.3) is 32.7 Å². The first-order chi connectivity index (χ1) is 13.8. The summed E-state index contributed by atoms with van der Waals surface area (Å²) in [7, 11) is 0. The second-order valence-electron chi connectivity index (χ2n) is 5.88. The van der Waals surface area contributed by atoms with Gasteiger partial charge in [0.2, 0.25) is 0 Å². The normalized spacial score (nSPS) is 10.9. The molecule has 0 amide bonds. The molecule has 5 nitrogen and oxygen atoms in total. The Kier molecular flexibility index (Phi) is 5.64. The van der Waals surface area contributed by atoms with Crippen LogP contribution in [-0.2, 0) is 9.53 Å². The number of hydrogen-bond acceptors (Lipinski definition) is 7. The maximum Gasteiger partial charge on any atom is 0.316 e. The van der Waals surface area contributed by atoms with Crippen LogP contribution in [0, 0.1) is 0 Å². The lowest BCUT2D eigenvalue weighted by atomic mass is 10.1. The highest BCUT2D eigenvalue weighted by molar-refractivity contribution is 8.00. The fraction of sp³-hybridized carbons (Fsp3) is 0.143. The number of benzene rings is 1. The molecule has 0 N–H and O–H groups in total. The fourth-order valence-corrected chi connectivity index (χ4v) is 4.65. The van der Waals surface area contributed by atoms with Crippen molar-refractivity contribution in [1.82, 2.24) is 15.0 Å². The highest BCUT2D eigenvalue weighted by atomic mass is 32.2. The molecule has 140 valence electrons. The molecule has 0 saturated carbocycles. The van der Waals surface area contributed by atoms with Gasteiger partial charge < -0.3 is 4.74 Å². The largest absolute Gasteiger partial charge is 0.465 e. The van der Waals surface area contributed by atoms with Crippen molar-refractivity contribution in [3.05, 3.63) is 60.2 Å². The molecule has 1 aromatic carbocycles. The average molecular weight is 408 g/mol. The molecule has 7 heteroatoms. The van der Waals surface area contributed by atoms with E-state index in [0.717, 1.165) is 31.9 Å². The first kappa shape index (κ1) is 18.6. The average Bonchev–Trinajstić information content (AvgIpc) is 3.18. The summed E-state index contributed by atoms with van der Waals surface area (Å²) in [5, 5.41) is 3.84. The van der Waals surface area contributed by atoms with Crippen LogP contribution in [0.5, 0.6) is 0 Å². The minimum Gasteiger partial charge on any atom is -0.465 e. The Morgan fingerprint density at radius 1 is 1.11 bits per heavy atom. The summed E-state index contributed by atoms with van der Waals surface area (Å²) in [5.74, 6) is 0.559. The summed E-state index contributed by atoms with van der Waals surface area (Å²) in [4.78, 5) is 26.5. The number of pyridine rings is 1. The molecule has 3 aromatic heterocycles. The van der Waals surface area contributed by atoms with Crippen molar-refractivity contribution in [2.24, 2.45) is 0 Å². The molecule has 0 bridgehead atoms. The number of aromatic nitrogens is 3. The Balaban J connectivity index is 1.83. The van der Waals surface area contributed by atoms with Crippen molar-refractivity contribution in [3.8, 4) is 22.5 Å². The number of rotatable bonds is 6. The number of ether oxygens (including phenoxy) is 1. The van der Waals surface area contributed by atoms with E-state index < -0.39 is 0 Å². The molecule has 0 spiro atoms. The van der Waals surface area contributed by atoms with Gasteiger partial charge in [-0.05, 0) is 24.6 Å². The molecule has 0 radical (unpaired) electrons. The topological polar surface area (TPSA) is 65.0 Å². The predicted octanol–water partition coefficient (Wildman–Crippen LogP) is 5.08. The molecule has 0 fully saturated rings. The fourth-order valence-electron chi connectivity index (χ4n) is 2.80. The molecule has 0 aliphatic rings. The zero-order chi connectivity index (χ0) is 19.3. The third-order valence-electron chi connectivity index (χ3n) is 4.04. The van der Waals surface area contributed by atoms with E-state index in [0.29, 0.717) is 12.4 Å². The van der Waals surface area contributed by atoms with Crippen LogP contribution in [0.1, 0.15) is 6.92 Å². The quantitative estimate of drug-likeness (QED) is 0.252. The molecule has 4 aromatic rings. The van der Waals surface area contributed by atoms with Crippen LogP contribution in [0.15, 0.2) is 65.3 Å². The molecule has 4 rings (SSSR count). The Morgan fingerprint density at radius 2 is 1.93 bits per heavy atom. The van der Waals surface area contributed by atoms with Gasteiger partial charge in [-0.15, -0.1) is 11.3 Å². The van der Waals surface area contributed by atoms with Gasteiger partial charge in [-0.25, -0.2) is 9.97 Å². The van der Waals surface area contributed by atoms with E-state index in [1.165, 1.54) is 11.8 Å². The molecule has 3 heterocycles. The SMILES string of the molecule is CCOC(=O)CSc1nc(-c2cccnc2)nc2scc(-c3ccccc3)c12. The summed E-state index contributed by atoms with van der Waals surface area (Å²) >= 11 is 2.96. The van der Waals surface area contributed by atoms with Gasteiger partial charge >= 0.3 is 5.97 Å². The summed E-state index contributed by atoms with van der Waals surface area (Å²) in [6.45, 7) is 2.17. The first-order valence-corrected chi connectivity index (χ1v) is 10.7. The van der Waals surface area contributed by atoms with Gasteiger partial charge in [0.15, 0.2) is 5.82 Å². The van der Waals surface area contributed by atoms with Crippen molar-refractivity contribution in [2.45, 2.75) is 11.9 Å². The predicted molar refractivity (Wildman–Crippen MR) is 113 cm³/mol. The van der Waals surface area contributed by atoms with Crippen molar-refractivity contribution in [1.29, 1.82) is 0 Å². The van der Waals surface area contributed by atoms with E-state index in [-0.39, 0.29) is 11.7 Å². The zero-order valence-corrected chi connectivity index (χ0v) is 16.8. The van der Waals surface area contributed by atoms with E-state index in [2.05, 4.69) is 22.5 Å². The maximum atomic E-state index is 11.9. The van der Waals surface area contributed by atoms with Gasteiger partial charge in [-0.3, -0.25) is 9.78 Å². The lowest BCUT2D eigenvalue weighted by Crippen LogP contribution is -2.07. The Hall–Kier alpha value is -2.77. The van der Waals surface area contributed by atoms with Crippen LogP contribution in [0.3, 0.4) is 0 Å². The van der Waals surface area contributed by atoms with Crippen molar-refractivity contribution in [2.75, 3.05) is 12.4 Å². The molecule has 0 unspecified atom stereocenters. The van der Waals surface area contributed by atoms with Gasteiger partial charge in [0, 0.05) is 28.9 Å². The minimum atomic E-state index is -0.251. The van der Waals surface area contributed by atoms with Gasteiger partial charge in [-0.1, -0.05) is 42.1 Å². The van der Waals surface area contributed by atoms with Crippen molar-refractivity contribution >= 4 is 39.3 Å². The van der Waals surface area contributed by atoms with Crippen LogP contribution < -0.4 is 0 Å². The van der Waals surface area contributed by atoms with Crippen LogP contribution in [0.2, 0.25) is 0 Å². The monoisotopic (exact) mass is 407 g/mol. The number of hydrogen-bond donors (Lipinski definition) is 0. The number of esters is 1.